The number of hydrogen-bond acceptors (Lipinski definition) is 2. The average Bonchev–Trinajstić information content (AvgIpc) is 2.39. The van der Waals surface area contributed by atoms with E-state index in [0.29, 0.717) is 6.61 Å². The number of likely N-dealkylation sites (N-methyl/N-ethyl adjacent to an activating group) is 1. The van der Waals surface area contributed by atoms with Crippen LogP contribution >= 0.6 is 0 Å². The minimum Gasteiger partial charge on any atom is -0.450 e. The summed E-state index contributed by atoms with van der Waals surface area (Å²) >= 11 is 0. The highest BCUT2D eigenvalue weighted by Gasteiger charge is 2.19. The van der Waals surface area contributed by atoms with Gasteiger partial charge in [0, 0.05) is 13.1 Å². The molecule has 1 atom stereocenters. The Kier molecular flexibility index (Phi) is 5.98. The fourth-order valence-electron chi connectivity index (χ4n) is 1.83. The van der Waals surface area contributed by atoms with Gasteiger partial charge in [0.2, 0.25) is 0 Å². The zero-order valence-electron chi connectivity index (χ0n) is 11.1. The van der Waals surface area contributed by atoms with Crippen molar-refractivity contribution >= 4 is 6.09 Å². The predicted molar refractivity (Wildman–Crippen MR) is 73.5 cm³/mol. The van der Waals surface area contributed by atoms with Gasteiger partial charge in [-0.05, 0) is 25.3 Å². The first-order valence-corrected chi connectivity index (χ1v) is 6.23. The predicted octanol–water partition coefficient (Wildman–Crippen LogP) is 3.26. The van der Waals surface area contributed by atoms with E-state index < -0.39 is 0 Å². The molecule has 1 aromatic carbocycles. The monoisotopic (exact) mass is 247 g/mol. The lowest BCUT2D eigenvalue weighted by molar-refractivity contribution is 0.102. The molecule has 0 aliphatic carbocycles. The van der Waals surface area contributed by atoms with Crippen LogP contribution in [0.4, 0.5) is 4.79 Å². The molecule has 98 valence electrons. The van der Waals surface area contributed by atoms with Crippen molar-refractivity contribution in [1.82, 2.24) is 4.90 Å². The summed E-state index contributed by atoms with van der Waals surface area (Å²) < 4.78 is 5.02. The lowest BCUT2D eigenvalue weighted by Gasteiger charge is -2.26. The van der Waals surface area contributed by atoms with Crippen molar-refractivity contribution in [2.75, 3.05) is 13.7 Å². The molecule has 1 aromatic rings. The van der Waals surface area contributed by atoms with E-state index in [-0.39, 0.29) is 12.1 Å². The lowest BCUT2D eigenvalue weighted by atomic mass is 10.0. The van der Waals surface area contributed by atoms with Gasteiger partial charge < -0.3 is 9.64 Å². The van der Waals surface area contributed by atoms with E-state index in [2.05, 4.69) is 18.7 Å². The summed E-state index contributed by atoms with van der Waals surface area (Å²) in [5.74, 6) is 0. The highest BCUT2D eigenvalue weighted by atomic mass is 16.6. The van der Waals surface area contributed by atoms with Gasteiger partial charge in [-0.2, -0.15) is 0 Å². The molecule has 0 aliphatic heterocycles. The maximum Gasteiger partial charge on any atom is 0.409 e. The summed E-state index contributed by atoms with van der Waals surface area (Å²) in [6.45, 7) is 5.96. The van der Waals surface area contributed by atoms with Crippen LogP contribution in [0.5, 0.6) is 0 Å². The molecular weight excluding hydrogens is 226 g/mol. The summed E-state index contributed by atoms with van der Waals surface area (Å²) in [5.41, 5.74) is 1.21. The summed E-state index contributed by atoms with van der Waals surface area (Å²) in [4.78, 5) is 13.4. The van der Waals surface area contributed by atoms with Crippen molar-refractivity contribution in [2.24, 2.45) is 0 Å². The lowest BCUT2D eigenvalue weighted by Crippen LogP contribution is -2.38. The normalized spacial score (nSPS) is 11.7. The van der Waals surface area contributed by atoms with Gasteiger partial charge in [0.15, 0.2) is 0 Å². The van der Waals surface area contributed by atoms with E-state index >= 15 is 0 Å². The van der Waals surface area contributed by atoms with Crippen molar-refractivity contribution < 1.29 is 9.53 Å². The number of rotatable bonds is 6. The third-order valence-electron chi connectivity index (χ3n) is 2.86. The average molecular weight is 247 g/mol. The van der Waals surface area contributed by atoms with Gasteiger partial charge >= 0.3 is 6.09 Å². The van der Waals surface area contributed by atoms with Crippen LogP contribution in [0.3, 0.4) is 0 Å². The van der Waals surface area contributed by atoms with E-state index in [1.807, 2.05) is 31.2 Å². The highest BCUT2D eigenvalue weighted by Crippen LogP contribution is 2.12. The molecule has 0 saturated carbocycles. The number of carbonyl (C=O) groups excluding carboxylic acids is 1. The second-order valence-electron chi connectivity index (χ2n) is 4.18. The number of nitrogens with zero attached hydrogens (tertiary/aromatic N) is 1. The first kappa shape index (κ1) is 14.3. The fraction of sp³-hybridized carbons (Fsp3) is 0.400. The molecule has 0 aliphatic rings. The molecule has 3 heteroatoms. The second-order valence-corrected chi connectivity index (χ2v) is 4.18. The Labute approximate surface area is 109 Å². The van der Waals surface area contributed by atoms with Crippen LogP contribution in [0.2, 0.25) is 0 Å². The van der Waals surface area contributed by atoms with Crippen molar-refractivity contribution in [3.63, 3.8) is 0 Å². The maximum atomic E-state index is 11.7. The smallest absolute Gasteiger partial charge is 0.409 e. The SMILES string of the molecule is C=CC[C@@H](Cc1ccccc1)N(C)C(=O)OCC. The van der Waals surface area contributed by atoms with Crippen LogP contribution in [-0.2, 0) is 11.2 Å². The van der Waals surface area contributed by atoms with Gasteiger partial charge in [0.05, 0.1) is 6.61 Å². The van der Waals surface area contributed by atoms with Crippen LogP contribution in [0.25, 0.3) is 0 Å². The third-order valence-corrected chi connectivity index (χ3v) is 2.86. The molecule has 0 fully saturated rings. The largest absolute Gasteiger partial charge is 0.450 e. The first-order valence-electron chi connectivity index (χ1n) is 6.23. The van der Waals surface area contributed by atoms with E-state index in [0.717, 1.165) is 12.8 Å². The van der Waals surface area contributed by atoms with Gasteiger partial charge in [-0.25, -0.2) is 4.79 Å². The van der Waals surface area contributed by atoms with E-state index in [9.17, 15) is 4.79 Å². The van der Waals surface area contributed by atoms with Gasteiger partial charge in [-0.15, -0.1) is 6.58 Å². The quantitative estimate of drug-likeness (QED) is 0.722. The zero-order chi connectivity index (χ0) is 13.4. The molecule has 0 saturated heterocycles. The first-order chi connectivity index (χ1) is 8.69. The Morgan fingerprint density at radius 1 is 1.44 bits per heavy atom. The molecule has 0 bridgehead atoms. The molecule has 0 heterocycles. The third kappa shape index (κ3) is 4.24. The van der Waals surface area contributed by atoms with Crippen molar-refractivity contribution in [1.29, 1.82) is 0 Å². The number of ether oxygens (including phenoxy) is 1. The summed E-state index contributed by atoms with van der Waals surface area (Å²) in [6, 6.07) is 10.2. The molecule has 0 unspecified atom stereocenters. The summed E-state index contributed by atoms with van der Waals surface area (Å²) in [6.07, 6.45) is 3.12. The van der Waals surface area contributed by atoms with Crippen molar-refractivity contribution in [3.05, 3.63) is 48.6 Å². The molecule has 0 radical (unpaired) electrons. The Hall–Kier alpha value is -1.77. The summed E-state index contributed by atoms with van der Waals surface area (Å²) in [7, 11) is 1.77. The Morgan fingerprint density at radius 2 is 2.11 bits per heavy atom. The summed E-state index contributed by atoms with van der Waals surface area (Å²) in [5, 5.41) is 0. The van der Waals surface area contributed by atoms with Crippen LogP contribution in [-0.4, -0.2) is 30.7 Å². The maximum absolute atomic E-state index is 11.7. The molecule has 0 aromatic heterocycles. The van der Waals surface area contributed by atoms with Gasteiger partial charge in [0.25, 0.3) is 0 Å². The molecular formula is C15H21NO2. The van der Waals surface area contributed by atoms with Crippen LogP contribution in [0, 0.1) is 0 Å². The zero-order valence-corrected chi connectivity index (χ0v) is 11.1. The highest BCUT2D eigenvalue weighted by molar-refractivity contribution is 5.67. The minimum atomic E-state index is -0.278. The Bertz CT molecular complexity index is 375. The molecule has 1 rings (SSSR count). The standard InChI is InChI=1S/C15H21NO2/c1-4-9-14(16(3)15(17)18-5-2)12-13-10-7-6-8-11-13/h4,6-8,10-11,14H,1,5,9,12H2,2-3H3/t14-/m0/s1. The molecule has 1 amide bonds. The van der Waals surface area contributed by atoms with Crippen LogP contribution in [0.15, 0.2) is 43.0 Å². The fourth-order valence-corrected chi connectivity index (χ4v) is 1.83. The van der Waals surface area contributed by atoms with E-state index in [1.54, 1.807) is 11.9 Å². The molecule has 0 N–H and O–H groups in total. The van der Waals surface area contributed by atoms with Gasteiger partial charge in [0.1, 0.15) is 0 Å². The molecule has 0 spiro atoms. The van der Waals surface area contributed by atoms with Crippen molar-refractivity contribution in [2.45, 2.75) is 25.8 Å². The van der Waals surface area contributed by atoms with Gasteiger partial charge in [-0.1, -0.05) is 36.4 Å². The van der Waals surface area contributed by atoms with Crippen LogP contribution < -0.4 is 0 Å². The second kappa shape index (κ2) is 7.54. The number of carbonyl (C=O) groups is 1. The van der Waals surface area contributed by atoms with E-state index in [1.165, 1.54) is 5.56 Å². The van der Waals surface area contributed by atoms with Crippen LogP contribution in [0.1, 0.15) is 18.9 Å². The topological polar surface area (TPSA) is 29.5 Å². The molecule has 3 nitrogen and oxygen atoms in total. The van der Waals surface area contributed by atoms with Gasteiger partial charge in [-0.3, -0.25) is 0 Å². The van der Waals surface area contributed by atoms with E-state index in [4.69, 9.17) is 4.74 Å². The minimum absolute atomic E-state index is 0.0870. The number of amides is 1. The molecule has 18 heavy (non-hydrogen) atoms. The Balaban J connectivity index is 2.70. The number of benzene rings is 1. The Morgan fingerprint density at radius 3 is 2.67 bits per heavy atom. The number of hydrogen-bond donors (Lipinski definition) is 0. The van der Waals surface area contributed by atoms with Crippen molar-refractivity contribution in [3.8, 4) is 0 Å².